The summed E-state index contributed by atoms with van der Waals surface area (Å²) < 4.78 is 0. The van der Waals surface area contributed by atoms with Gasteiger partial charge < -0.3 is 6.53 Å². The maximum atomic E-state index is 8.06. The van der Waals surface area contributed by atoms with Crippen molar-refractivity contribution in [2.45, 2.75) is 20.0 Å². The number of rotatable bonds is 0. The van der Waals surface area contributed by atoms with E-state index in [-0.39, 0.29) is 58.9 Å². The van der Waals surface area contributed by atoms with Crippen LogP contribution in [0.5, 0.6) is 0 Å². The molecule has 0 aromatic carbocycles. The van der Waals surface area contributed by atoms with E-state index < -0.39 is 0 Å². The number of hydrogen-bond acceptors (Lipinski definition) is 1. The van der Waals surface area contributed by atoms with E-state index >= 15 is 0 Å². The topological polar surface area (TPSA) is 20.2 Å². The van der Waals surface area contributed by atoms with E-state index in [1.807, 2.05) is 0 Å². The van der Waals surface area contributed by atoms with Crippen LogP contribution in [0.3, 0.4) is 0 Å². The van der Waals surface area contributed by atoms with Gasteiger partial charge in [-0.3, -0.25) is 0 Å². The van der Waals surface area contributed by atoms with Gasteiger partial charge >= 0.3 is 51.4 Å². The van der Waals surface area contributed by atoms with Crippen molar-refractivity contribution in [3.63, 3.8) is 0 Å². The van der Waals surface area contributed by atoms with Crippen molar-refractivity contribution in [1.29, 1.82) is 0 Å². The van der Waals surface area contributed by atoms with Crippen LogP contribution in [0.4, 0.5) is 0 Å². The van der Waals surface area contributed by atoms with Crippen molar-refractivity contribution < 1.29 is 57.9 Å². The van der Waals surface area contributed by atoms with Gasteiger partial charge in [-0.05, 0) is 13.8 Å². The van der Waals surface area contributed by atoms with Gasteiger partial charge in [0.25, 0.3) is 0 Å². The Morgan fingerprint density at radius 2 is 1.60 bits per heavy atom. The first kappa shape index (κ1) is 9.78. The van der Waals surface area contributed by atoms with Crippen molar-refractivity contribution in [2.75, 3.05) is 0 Å². The second-order valence-corrected chi connectivity index (χ2v) is 1.09. The van der Waals surface area contributed by atoms with Gasteiger partial charge in [-0.25, -0.2) is 0 Å². The molecule has 0 aromatic heterocycles. The van der Waals surface area contributed by atoms with Gasteiger partial charge in [0.05, 0.1) is 0 Å². The molecule has 0 unspecified atom stereocenters. The van der Waals surface area contributed by atoms with E-state index in [9.17, 15) is 0 Å². The third-order valence-electron chi connectivity index (χ3n) is 0. The molecule has 0 fully saturated rings. The average Bonchev–Trinajstić information content (AvgIpc) is 0.811. The Bertz CT molecular complexity index is 15.5. The minimum absolute atomic E-state index is 0. The summed E-state index contributed by atoms with van der Waals surface area (Å²) in [5, 5.41) is 8.06. The second kappa shape index (κ2) is 5.60. The van der Waals surface area contributed by atoms with Crippen LogP contribution in [0.15, 0.2) is 0 Å². The minimum atomic E-state index is -0.167. The van der Waals surface area contributed by atoms with E-state index in [1.54, 1.807) is 13.8 Å². The zero-order chi connectivity index (χ0) is 3.58. The molecule has 2 heteroatoms. The fourth-order valence-electron chi connectivity index (χ4n) is 0. The van der Waals surface area contributed by atoms with Crippen molar-refractivity contribution in [1.82, 2.24) is 0 Å². The van der Waals surface area contributed by atoms with E-state index in [2.05, 4.69) is 0 Å². The Morgan fingerprint density at radius 3 is 1.60 bits per heavy atom. The van der Waals surface area contributed by atoms with Gasteiger partial charge in [-0.15, -0.1) is 0 Å². The Hall–Kier alpha value is 1.60. The molecule has 0 bridgehead atoms. The maximum absolute atomic E-state index is 8.06. The van der Waals surface area contributed by atoms with Gasteiger partial charge in [0, 0.05) is 6.10 Å². The predicted octanol–water partition coefficient (Wildman–Crippen LogP) is -2.50. The molecular weight excluding hydrogens is 91.1 g/mol. The molecule has 0 atom stereocenters. The minimum Gasteiger partial charge on any atom is -1.00 e. The number of aliphatic hydroxyl groups excluding tert-OH is 1. The second-order valence-electron chi connectivity index (χ2n) is 1.09. The van der Waals surface area contributed by atoms with Crippen molar-refractivity contribution in [3.8, 4) is 0 Å². The molecule has 0 saturated heterocycles. The summed E-state index contributed by atoms with van der Waals surface area (Å²) in [6, 6.07) is 0. The monoisotopic (exact) mass is 100 g/mol. The number of aliphatic hydroxyl groups is 1. The molecule has 0 amide bonds. The van der Waals surface area contributed by atoms with E-state index in [4.69, 9.17) is 5.11 Å². The maximum Gasteiger partial charge on any atom is 1.00 e. The van der Waals surface area contributed by atoms with Gasteiger partial charge in [0.2, 0.25) is 0 Å². The van der Waals surface area contributed by atoms with E-state index in [1.165, 1.54) is 0 Å². The summed E-state index contributed by atoms with van der Waals surface area (Å²) in [5.41, 5.74) is 0. The molecule has 0 aliphatic rings. The van der Waals surface area contributed by atoms with E-state index in [0.29, 0.717) is 0 Å². The summed E-state index contributed by atoms with van der Waals surface area (Å²) in [4.78, 5) is 0. The molecular formula is C3H9KO. The van der Waals surface area contributed by atoms with Gasteiger partial charge in [-0.1, -0.05) is 0 Å². The summed E-state index contributed by atoms with van der Waals surface area (Å²) in [6.45, 7) is 3.44. The van der Waals surface area contributed by atoms with Crippen molar-refractivity contribution in [3.05, 3.63) is 0 Å². The Morgan fingerprint density at radius 1 is 1.60 bits per heavy atom. The molecule has 0 aliphatic carbocycles. The summed E-state index contributed by atoms with van der Waals surface area (Å²) >= 11 is 0. The Kier molecular flexibility index (Phi) is 10.9. The summed E-state index contributed by atoms with van der Waals surface area (Å²) in [6.07, 6.45) is -0.167. The standard InChI is InChI=1S/C3H8O.K.H/c1-3(2)4;;/h3-4H,1-2H3;;/q;+1;-1. The van der Waals surface area contributed by atoms with E-state index in [0.717, 1.165) is 0 Å². The molecule has 0 aromatic rings. The van der Waals surface area contributed by atoms with Crippen LogP contribution < -0.4 is 51.4 Å². The zero-order valence-electron chi connectivity index (χ0n) is 5.02. The Balaban J connectivity index is -0.0000000450. The molecule has 28 valence electrons. The van der Waals surface area contributed by atoms with Crippen LogP contribution in [-0.2, 0) is 0 Å². The molecule has 0 saturated carbocycles. The third-order valence-corrected chi connectivity index (χ3v) is 0. The van der Waals surface area contributed by atoms with Gasteiger partial charge in [-0.2, -0.15) is 0 Å². The van der Waals surface area contributed by atoms with Gasteiger partial charge in [0.1, 0.15) is 0 Å². The van der Waals surface area contributed by atoms with Crippen LogP contribution >= 0.6 is 0 Å². The fourth-order valence-corrected chi connectivity index (χ4v) is 0. The van der Waals surface area contributed by atoms with Crippen LogP contribution in [0.1, 0.15) is 15.3 Å². The molecule has 0 radical (unpaired) electrons. The normalized spacial score (nSPS) is 7.20. The average molecular weight is 100 g/mol. The van der Waals surface area contributed by atoms with Crippen LogP contribution in [-0.4, -0.2) is 11.2 Å². The molecule has 0 rings (SSSR count). The van der Waals surface area contributed by atoms with Gasteiger partial charge in [0.15, 0.2) is 0 Å². The predicted molar refractivity (Wildman–Crippen MR) is 18.5 cm³/mol. The van der Waals surface area contributed by atoms with Crippen LogP contribution in [0.2, 0.25) is 0 Å². The molecule has 5 heavy (non-hydrogen) atoms. The summed E-state index contributed by atoms with van der Waals surface area (Å²) in [5.74, 6) is 0. The SMILES string of the molecule is CC(C)O.[H-].[K+]. The first-order valence-electron chi connectivity index (χ1n) is 1.41. The van der Waals surface area contributed by atoms with Crippen LogP contribution in [0, 0.1) is 0 Å². The Labute approximate surface area is 76.7 Å². The largest absolute Gasteiger partial charge is 1.00 e. The molecule has 0 aliphatic heterocycles. The third kappa shape index (κ3) is 28.4. The first-order chi connectivity index (χ1) is 1.73. The summed E-state index contributed by atoms with van der Waals surface area (Å²) in [7, 11) is 0. The zero-order valence-corrected chi connectivity index (χ0v) is 7.15. The fraction of sp³-hybridized carbons (Fsp3) is 1.00. The van der Waals surface area contributed by atoms with Crippen molar-refractivity contribution >= 4 is 0 Å². The van der Waals surface area contributed by atoms with Crippen LogP contribution in [0.25, 0.3) is 0 Å². The quantitative estimate of drug-likeness (QED) is 0.334. The van der Waals surface area contributed by atoms with Crippen molar-refractivity contribution in [2.24, 2.45) is 0 Å². The first-order valence-corrected chi connectivity index (χ1v) is 1.41. The smallest absolute Gasteiger partial charge is 1.00 e. The molecule has 0 heterocycles. The molecule has 1 nitrogen and oxygen atoms in total. The molecule has 1 N–H and O–H groups in total. The molecule has 0 spiro atoms. The number of hydrogen-bond donors (Lipinski definition) is 1.